The molecule has 5 nitrogen and oxygen atoms in total. The molecule has 0 spiro atoms. The van der Waals surface area contributed by atoms with Crippen LogP contribution in [0.15, 0.2) is 103 Å². The quantitative estimate of drug-likeness (QED) is 0.148. The minimum atomic E-state index is -1.13. The lowest BCUT2D eigenvalue weighted by atomic mass is 9.82. The number of fused-ring (bicyclic) bond motifs is 7. The van der Waals surface area contributed by atoms with Gasteiger partial charge in [-0.05, 0) is 119 Å². The predicted octanol–water partition coefficient (Wildman–Crippen LogP) is 10.5. The summed E-state index contributed by atoms with van der Waals surface area (Å²) < 4.78 is 0. The Morgan fingerprint density at radius 1 is 0.860 bits per heavy atom. The molecule has 9 rings (SSSR count). The number of Topliss-reactive ketones (excluding diaryl/α,β-unsaturated/α-hetero) is 2. The molecule has 5 aromatic rings. The first-order chi connectivity index (χ1) is 24.1. The van der Waals surface area contributed by atoms with Crippen molar-refractivity contribution in [3.8, 4) is 21.6 Å². The summed E-state index contributed by atoms with van der Waals surface area (Å²) in [6.45, 7) is 6.74. The van der Waals surface area contributed by atoms with Gasteiger partial charge in [0.1, 0.15) is 0 Å². The SMILES string of the molecule is Cc1cc(-c2ccc3c(c2)C2CCCC2N3c2ccc3c(c2)-c2ccccc2C3(C)C)sc1/C=C/C=C1\C(=O)c2ccc(C(=O)O)cc2C1=O. The van der Waals surface area contributed by atoms with E-state index in [1.54, 1.807) is 23.5 Å². The van der Waals surface area contributed by atoms with Gasteiger partial charge in [-0.1, -0.05) is 62.7 Å². The van der Waals surface area contributed by atoms with Crippen molar-refractivity contribution >= 4 is 46.3 Å². The van der Waals surface area contributed by atoms with Gasteiger partial charge >= 0.3 is 5.97 Å². The van der Waals surface area contributed by atoms with Gasteiger partial charge in [-0.2, -0.15) is 0 Å². The van der Waals surface area contributed by atoms with Gasteiger partial charge in [0.2, 0.25) is 0 Å². The van der Waals surface area contributed by atoms with Crippen LogP contribution in [0.2, 0.25) is 0 Å². The number of aryl methyl sites for hydroxylation is 1. The van der Waals surface area contributed by atoms with Gasteiger partial charge in [-0.15, -0.1) is 11.3 Å². The topological polar surface area (TPSA) is 74.7 Å². The van der Waals surface area contributed by atoms with Crippen molar-refractivity contribution in [2.75, 3.05) is 4.90 Å². The summed E-state index contributed by atoms with van der Waals surface area (Å²) in [5.41, 5.74) is 12.3. The number of benzene rings is 4. The van der Waals surface area contributed by atoms with Crippen LogP contribution in [0, 0.1) is 6.92 Å². The van der Waals surface area contributed by atoms with Crippen LogP contribution in [0.1, 0.15) is 97.2 Å². The standard InChI is InChI=1S/C44H35NO4S/c1-24-20-40(50-39(24)13-7-10-31-41(46)30-17-14-26(43(48)49)22-34(30)42(31)47)25-15-19-38-33(21-25)29-9-6-12-37(29)45(38)27-16-18-36-32(23-27)28-8-4-5-11-35(28)44(36,2)3/h4-5,7-8,10-11,13-23,29,37H,6,9,12H2,1-3H3,(H,48,49)/b13-7+,31-10+. The molecule has 1 fully saturated rings. The summed E-state index contributed by atoms with van der Waals surface area (Å²) in [6, 6.07) is 29.7. The average molecular weight is 674 g/mol. The Kier molecular flexibility index (Phi) is 6.81. The first-order valence-electron chi connectivity index (χ1n) is 17.3. The van der Waals surface area contributed by atoms with E-state index in [2.05, 4.69) is 92.4 Å². The van der Waals surface area contributed by atoms with E-state index in [4.69, 9.17) is 0 Å². The minimum Gasteiger partial charge on any atom is -0.478 e. The zero-order chi connectivity index (χ0) is 34.5. The molecule has 1 saturated carbocycles. The molecular formula is C44H35NO4S. The highest BCUT2D eigenvalue weighted by atomic mass is 32.1. The smallest absolute Gasteiger partial charge is 0.335 e. The third kappa shape index (κ3) is 4.48. The lowest BCUT2D eigenvalue weighted by Gasteiger charge is -2.28. The maximum Gasteiger partial charge on any atom is 0.335 e. The molecule has 2 heterocycles. The van der Waals surface area contributed by atoms with Crippen LogP contribution in [0.3, 0.4) is 0 Å². The number of anilines is 2. The monoisotopic (exact) mass is 673 g/mol. The van der Waals surface area contributed by atoms with Crippen LogP contribution in [0.25, 0.3) is 27.6 Å². The molecule has 1 aliphatic heterocycles. The van der Waals surface area contributed by atoms with Gasteiger partial charge < -0.3 is 10.0 Å². The summed E-state index contributed by atoms with van der Waals surface area (Å²) in [6.07, 6.45) is 8.86. The van der Waals surface area contributed by atoms with Crippen LogP contribution in [0.4, 0.5) is 11.4 Å². The third-order valence-electron chi connectivity index (χ3n) is 11.3. The Labute approximate surface area is 295 Å². The second kappa shape index (κ2) is 11.1. The molecule has 50 heavy (non-hydrogen) atoms. The Balaban J connectivity index is 1.01. The van der Waals surface area contributed by atoms with Crippen molar-refractivity contribution in [1.82, 2.24) is 0 Å². The second-order valence-corrected chi connectivity index (χ2v) is 15.6. The van der Waals surface area contributed by atoms with Crippen LogP contribution >= 0.6 is 11.3 Å². The normalized spacial score (nSPS) is 20.4. The summed E-state index contributed by atoms with van der Waals surface area (Å²) in [7, 11) is 0. The number of allylic oxidation sites excluding steroid dienone is 3. The van der Waals surface area contributed by atoms with E-state index >= 15 is 0 Å². The fourth-order valence-corrected chi connectivity index (χ4v) is 9.93. The van der Waals surface area contributed by atoms with Gasteiger partial charge in [-0.25, -0.2) is 4.79 Å². The largest absolute Gasteiger partial charge is 0.478 e. The fourth-order valence-electron chi connectivity index (χ4n) is 8.85. The molecule has 0 radical (unpaired) electrons. The van der Waals surface area contributed by atoms with Crippen molar-refractivity contribution in [3.05, 3.63) is 146 Å². The van der Waals surface area contributed by atoms with Crippen molar-refractivity contribution in [3.63, 3.8) is 0 Å². The molecule has 0 saturated heterocycles. The van der Waals surface area contributed by atoms with Crippen molar-refractivity contribution < 1.29 is 19.5 Å². The van der Waals surface area contributed by atoms with E-state index < -0.39 is 11.8 Å². The van der Waals surface area contributed by atoms with Gasteiger partial charge in [0.25, 0.3) is 0 Å². The molecule has 3 aliphatic carbocycles. The summed E-state index contributed by atoms with van der Waals surface area (Å²) >= 11 is 1.70. The van der Waals surface area contributed by atoms with Crippen LogP contribution in [-0.4, -0.2) is 28.7 Å². The molecule has 1 N–H and O–H groups in total. The molecule has 2 unspecified atom stereocenters. The number of rotatable bonds is 5. The van der Waals surface area contributed by atoms with Gasteiger partial charge in [0, 0.05) is 49.6 Å². The van der Waals surface area contributed by atoms with Crippen molar-refractivity contribution in [1.29, 1.82) is 0 Å². The number of nitrogens with zero attached hydrogens (tertiary/aromatic N) is 1. The van der Waals surface area contributed by atoms with Gasteiger partial charge in [-0.3, -0.25) is 9.59 Å². The van der Waals surface area contributed by atoms with E-state index in [0.29, 0.717) is 12.0 Å². The van der Waals surface area contributed by atoms with E-state index in [0.717, 1.165) is 10.4 Å². The lowest BCUT2D eigenvalue weighted by molar-refractivity contribution is 0.0696. The average Bonchev–Trinajstić information content (AvgIpc) is 3.90. The van der Waals surface area contributed by atoms with Crippen LogP contribution < -0.4 is 4.90 Å². The first-order valence-corrected chi connectivity index (χ1v) is 18.1. The van der Waals surface area contributed by atoms with Gasteiger partial charge in [0.05, 0.1) is 11.1 Å². The lowest BCUT2D eigenvalue weighted by Crippen LogP contribution is -2.26. The van der Waals surface area contributed by atoms with E-state index in [-0.39, 0.29) is 33.5 Å². The minimum absolute atomic E-state index is 0.00693. The molecule has 0 amide bonds. The van der Waals surface area contributed by atoms with Gasteiger partial charge in [0.15, 0.2) is 11.6 Å². The number of hydrogen-bond acceptors (Lipinski definition) is 5. The Morgan fingerprint density at radius 2 is 1.66 bits per heavy atom. The maximum atomic E-state index is 13.0. The highest BCUT2D eigenvalue weighted by molar-refractivity contribution is 7.16. The first kappa shape index (κ1) is 30.7. The van der Waals surface area contributed by atoms with Crippen LogP contribution in [-0.2, 0) is 5.41 Å². The summed E-state index contributed by atoms with van der Waals surface area (Å²) in [5.74, 6) is -1.44. The number of carbonyl (C=O) groups excluding carboxylic acids is 2. The molecule has 0 bridgehead atoms. The van der Waals surface area contributed by atoms with E-state index in [1.165, 1.54) is 87.1 Å². The van der Waals surface area contributed by atoms with Crippen molar-refractivity contribution in [2.24, 2.45) is 0 Å². The number of aromatic carboxylic acids is 1. The highest BCUT2D eigenvalue weighted by Gasteiger charge is 2.43. The molecule has 4 aliphatic rings. The van der Waals surface area contributed by atoms with E-state index in [1.807, 2.05) is 6.08 Å². The number of carboxylic acid groups (broad SMARTS) is 1. The number of thiophene rings is 1. The third-order valence-corrected chi connectivity index (χ3v) is 12.6. The fraction of sp³-hybridized carbons (Fsp3) is 0.205. The highest BCUT2D eigenvalue weighted by Crippen LogP contribution is 2.55. The molecule has 1 aromatic heterocycles. The Bertz CT molecular complexity index is 2390. The molecule has 6 heteroatoms. The van der Waals surface area contributed by atoms with Crippen molar-refractivity contribution in [2.45, 2.75) is 57.4 Å². The predicted molar refractivity (Wildman–Crippen MR) is 200 cm³/mol. The number of carbonyl (C=O) groups is 3. The van der Waals surface area contributed by atoms with E-state index in [9.17, 15) is 19.5 Å². The Hall–Kier alpha value is -5.33. The number of hydrogen-bond donors (Lipinski definition) is 1. The van der Waals surface area contributed by atoms with Crippen LogP contribution in [0.5, 0.6) is 0 Å². The molecule has 2 atom stereocenters. The number of ketones is 2. The zero-order valence-electron chi connectivity index (χ0n) is 28.1. The molecule has 4 aromatic carbocycles. The summed E-state index contributed by atoms with van der Waals surface area (Å²) in [4.78, 5) is 42.1. The molecule has 246 valence electrons. The second-order valence-electron chi connectivity index (χ2n) is 14.5. The Morgan fingerprint density at radius 3 is 2.50 bits per heavy atom. The zero-order valence-corrected chi connectivity index (χ0v) is 28.9. The number of carboxylic acids is 1. The summed E-state index contributed by atoms with van der Waals surface area (Å²) in [5, 5.41) is 9.30. The maximum absolute atomic E-state index is 13.0. The molecular weight excluding hydrogens is 639 g/mol.